The second kappa shape index (κ2) is 8.11. The monoisotopic (exact) mass is 372 g/mol. The molecule has 0 spiro atoms. The van der Waals surface area contributed by atoms with Crippen LogP contribution in [0.2, 0.25) is 0 Å². The molecule has 4 nitrogen and oxygen atoms in total. The van der Waals surface area contributed by atoms with Gasteiger partial charge in [0.15, 0.2) is 0 Å². The topological polar surface area (TPSA) is 55.6 Å². The van der Waals surface area contributed by atoms with Gasteiger partial charge in [-0.3, -0.25) is 4.79 Å². The van der Waals surface area contributed by atoms with Crippen molar-refractivity contribution in [1.29, 1.82) is 0 Å². The van der Waals surface area contributed by atoms with Gasteiger partial charge in [-0.25, -0.2) is 0 Å². The van der Waals surface area contributed by atoms with E-state index in [2.05, 4.69) is 0 Å². The van der Waals surface area contributed by atoms with Crippen LogP contribution in [0.25, 0.3) is 0 Å². The average molecular weight is 373 g/mol. The predicted octanol–water partition coefficient (Wildman–Crippen LogP) is 3.50. The van der Waals surface area contributed by atoms with Crippen molar-refractivity contribution in [3.05, 3.63) is 65.7 Å². The Hall–Kier alpha value is -2.04. The van der Waals surface area contributed by atoms with E-state index < -0.39 is 0 Å². The first-order valence-corrected chi connectivity index (χ1v) is 9.02. The van der Waals surface area contributed by atoms with E-state index in [0.717, 1.165) is 42.8 Å². The third-order valence-corrected chi connectivity index (χ3v) is 5.55. The van der Waals surface area contributed by atoms with E-state index >= 15 is 0 Å². The summed E-state index contributed by atoms with van der Waals surface area (Å²) in [5.74, 6) is 1.96. The third-order valence-electron chi connectivity index (χ3n) is 5.55. The molecule has 2 fully saturated rings. The van der Waals surface area contributed by atoms with Gasteiger partial charge in [-0.1, -0.05) is 30.3 Å². The Morgan fingerprint density at radius 2 is 1.77 bits per heavy atom. The standard InChI is InChI=1S/C21H24N2O2.ClH/c22-20-11-8-17-12-23(13-19(17)20)21(24)16-6-9-18(10-7-16)25-14-15-4-2-1-3-5-15;/h1-7,9-10,17,19-20H,8,11-14,22H2;1H. The minimum Gasteiger partial charge on any atom is -0.489 e. The molecule has 0 radical (unpaired) electrons. The normalized spacial score (nSPS) is 24.0. The zero-order valence-corrected chi connectivity index (χ0v) is 15.5. The molecule has 0 aromatic heterocycles. The molecule has 4 rings (SSSR count). The average Bonchev–Trinajstić information content (AvgIpc) is 3.23. The summed E-state index contributed by atoms with van der Waals surface area (Å²) >= 11 is 0. The number of rotatable bonds is 4. The summed E-state index contributed by atoms with van der Waals surface area (Å²) in [6.07, 6.45) is 2.26. The fourth-order valence-corrected chi connectivity index (χ4v) is 4.09. The lowest BCUT2D eigenvalue weighted by atomic mass is 9.98. The van der Waals surface area contributed by atoms with Crippen molar-refractivity contribution in [1.82, 2.24) is 4.90 Å². The first-order valence-electron chi connectivity index (χ1n) is 9.02. The van der Waals surface area contributed by atoms with E-state index in [1.54, 1.807) is 0 Å². The van der Waals surface area contributed by atoms with Crippen LogP contribution in [0.1, 0.15) is 28.8 Å². The number of nitrogens with zero attached hydrogens (tertiary/aromatic N) is 1. The van der Waals surface area contributed by atoms with Crippen LogP contribution in [0.3, 0.4) is 0 Å². The fraction of sp³-hybridized carbons (Fsp3) is 0.381. The largest absolute Gasteiger partial charge is 0.489 e. The number of carbonyl (C=O) groups excluding carboxylic acids is 1. The molecule has 138 valence electrons. The Kier molecular flexibility index (Phi) is 5.84. The Labute approximate surface area is 160 Å². The van der Waals surface area contributed by atoms with Crippen LogP contribution in [-0.4, -0.2) is 29.9 Å². The van der Waals surface area contributed by atoms with Crippen LogP contribution in [0.5, 0.6) is 5.75 Å². The van der Waals surface area contributed by atoms with Crippen molar-refractivity contribution in [2.45, 2.75) is 25.5 Å². The summed E-state index contributed by atoms with van der Waals surface area (Å²) in [6, 6.07) is 17.8. The van der Waals surface area contributed by atoms with Crippen molar-refractivity contribution in [3.63, 3.8) is 0 Å². The predicted molar refractivity (Wildman–Crippen MR) is 105 cm³/mol. The molecule has 5 heteroatoms. The Balaban J connectivity index is 0.00000196. The van der Waals surface area contributed by atoms with Crippen molar-refractivity contribution < 1.29 is 9.53 Å². The number of hydrogen-bond donors (Lipinski definition) is 1. The highest BCUT2D eigenvalue weighted by Gasteiger charge is 2.42. The van der Waals surface area contributed by atoms with Crippen LogP contribution >= 0.6 is 12.4 Å². The minimum atomic E-state index is 0. The maximum Gasteiger partial charge on any atom is 0.253 e. The van der Waals surface area contributed by atoms with Crippen LogP contribution in [0, 0.1) is 11.8 Å². The Morgan fingerprint density at radius 1 is 1.04 bits per heavy atom. The van der Waals surface area contributed by atoms with Crippen LogP contribution in [0.15, 0.2) is 54.6 Å². The number of benzene rings is 2. The van der Waals surface area contributed by atoms with Gasteiger partial charge < -0.3 is 15.4 Å². The van der Waals surface area contributed by atoms with Gasteiger partial charge in [0, 0.05) is 24.7 Å². The summed E-state index contributed by atoms with van der Waals surface area (Å²) < 4.78 is 5.79. The molecule has 1 heterocycles. The second-order valence-corrected chi connectivity index (χ2v) is 7.17. The fourth-order valence-electron chi connectivity index (χ4n) is 4.09. The SMILES string of the molecule is Cl.NC1CCC2CN(C(=O)c3ccc(OCc4ccccc4)cc3)CC12. The van der Waals surface area contributed by atoms with Gasteiger partial charge in [0.1, 0.15) is 12.4 Å². The summed E-state index contributed by atoms with van der Waals surface area (Å²) in [5, 5.41) is 0. The van der Waals surface area contributed by atoms with E-state index in [4.69, 9.17) is 10.5 Å². The van der Waals surface area contributed by atoms with E-state index in [1.807, 2.05) is 59.5 Å². The Bertz CT molecular complexity index is 735. The Morgan fingerprint density at radius 3 is 2.46 bits per heavy atom. The maximum atomic E-state index is 12.7. The number of likely N-dealkylation sites (tertiary alicyclic amines) is 1. The number of hydrogen-bond acceptors (Lipinski definition) is 3. The molecule has 2 aliphatic rings. The number of fused-ring (bicyclic) bond motifs is 1. The molecule has 1 aliphatic carbocycles. The molecule has 2 N–H and O–H groups in total. The van der Waals surface area contributed by atoms with Gasteiger partial charge in [0.05, 0.1) is 0 Å². The molecule has 3 unspecified atom stereocenters. The van der Waals surface area contributed by atoms with Gasteiger partial charge in [-0.15, -0.1) is 12.4 Å². The van der Waals surface area contributed by atoms with Crippen LogP contribution in [0.4, 0.5) is 0 Å². The first-order chi connectivity index (χ1) is 12.2. The molecule has 2 aromatic carbocycles. The maximum absolute atomic E-state index is 12.7. The molecule has 0 bridgehead atoms. The molecule has 3 atom stereocenters. The van der Waals surface area contributed by atoms with Crippen molar-refractivity contribution >= 4 is 18.3 Å². The van der Waals surface area contributed by atoms with E-state index in [0.29, 0.717) is 18.4 Å². The van der Waals surface area contributed by atoms with Crippen molar-refractivity contribution in [2.75, 3.05) is 13.1 Å². The molecular formula is C21H25ClN2O2. The van der Waals surface area contributed by atoms with E-state index in [9.17, 15) is 4.79 Å². The number of carbonyl (C=O) groups is 1. The molecule has 1 saturated heterocycles. The third kappa shape index (κ3) is 3.87. The van der Waals surface area contributed by atoms with E-state index in [-0.39, 0.29) is 24.4 Å². The van der Waals surface area contributed by atoms with Crippen LogP contribution < -0.4 is 10.5 Å². The quantitative estimate of drug-likeness (QED) is 0.893. The number of ether oxygens (including phenoxy) is 1. The smallest absolute Gasteiger partial charge is 0.253 e. The van der Waals surface area contributed by atoms with Gasteiger partial charge in [-0.2, -0.15) is 0 Å². The summed E-state index contributed by atoms with van der Waals surface area (Å²) in [4.78, 5) is 14.7. The lowest BCUT2D eigenvalue weighted by Crippen LogP contribution is -2.33. The van der Waals surface area contributed by atoms with Gasteiger partial charge in [0.25, 0.3) is 5.91 Å². The van der Waals surface area contributed by atoms with Crippen molar-refractivity contribution in [3.8, 4) is 5.75 Å². The van der Waals surface area contributed by atoms with Gasteiger partial charge >= 0.3 is 0 Å². The van der Waals surface area contributed by atoms with Crippen molar-refractivity contribution in [2.24, 2.45) is 17.6 Å². The zero-order valence-electron chi connectivity index (χ0n) is 14.7. The molecule has 26 heavy (non-hydrogen) atoms. The molecule has 2 aromatic rings. The second-order valence-electron chi connectivity index (χ2n) is 7.17. The highest BCUT2D eigenvalue weighted by atomic mass is 35.5. The highest BCUT2D eigenvalue weighted by Crippen LogP contribution is 2.37. The lowest BCUT2D eigenvalue weighted by Gasteiger charge is -2.19. The zero-order chi connectivity index (χ0) is 17.2. The van der Waals surface area contributed by atoms with Crippen LogP contribution in [-0.2, 0) is 6.61 Å². The first kappa shape index (κ1) is 18.7. The number of nitrogens with two attached hydrogens (primary N) is 1. The minimum absolute atomic E-state index is 0. The summed E-state index contributed by atoms with van der Waals surface area (Å²) in [6.45, 7) is 2.18. The lowest BCUT2D eigenvalue weighted by molar-refractivity contribution is 0.0779. The molecule has 1 amide bonds. The number of halogens is 1. The molecule has 1 saturated carbocycles. The summed E-state index contributed by atoms with van der Waals surface area (Å²) in [5.41, 5.74) is 8.02. The highest BCUT2D eigenvalue weighted by molar-refractivity contribution is 5.94. The van der Waals surface area contributed by atoms with Gasteiger partial charge in [-0.05, 0) is 54.5 Å². The summed E-state index contributed by atoms with van der Waals surface area (Å²) in [7, 11) is 0. The number of amides is 1. The van der Waals surface area contributed by atoms with Gasteiger partial charge in [0.2, 0.25) is 0 Å². The molecular weight excluding hydrogens is 348 g/mol. The van der Waals surface area contributed by atoms with E-state index in [1.165, 1.54) is 0 Å². The molecule has 1 aliphatic heterocycles.